The first-order valence-corrected chi connectivity index (χ1v) is 16.9. The first-order valence-electron chi connectivity index (χ1n) is 15.2. The molecule has 0 aliphatic heterocycles. The summed E-state index contributed by atoms with van der Waals surface area (Å²) in [6.07, 6.45) is 9.95. The highest BCUT2D eigenvalue weighted by Gasteiger charge is 2.51. The van der Waals surface area contributed by atoms with Crippen molar-refractivity contribution in [3.05, 3.63) is 53.0 Å². The Bertz CT molecular complexity index is 1860. The second kappa shape index (κ2) is 10.3. The summed E-state index contributed by atoms with van der Waals surface area (Å²) in [5.74, 6) is 2.71. The Morgan fingerprint density at radius 2 is 1.55 bits per heavy atom. The van der Waals surface area contributed by atoms with Crippen LogP contribution in [0.15, 0.2) is 30.5 Å². The summed E-state index contributed by atoms with van der Waals surface area (Å²) in [6.45, 7) is 6.90. The van der Waals surface area contributed by atoms with Crippen molar-refractivity contribution in [3.8, 4) is 10.4 Å². The SMILES string of the molecule is Cc1c(Nc2nc(C(=O)O)c(-c3cnn(CC45CC6CC(CC(C6)C4)C5)c3C)s2)nnc(Nc2nc3ccccc3s2)c1C. The molecule has 0 unspecified atom stereocenters. The number of thiazole rings is 2. The monoisotopic (exact) mass is 626 g/mol. The molecule has 4 fully saturated rings. The molecule has 0 amide bonds. The summed E-state index contributed by atoms with van der Waals surface area (Å²) in [7, 11) is 0. The van der Waals surface area contributed by atoms with Crippen molar-refractivity contribution in [1.82, 2.24) is 29.9 Å². The number of carboxylic acid groups (broad SMARTS) is 1. The average Bonchev–Trinajstić information content (AvgIpc) is 3.68. The van der Waals surface area contributed by atoms with Gasteiger partial charge in [0.25, 0.3) is 0 Å². The maximum Gasteiger partial charge on any atom is 0.356 e. The van der Waals surface area contributed by atoms with Crippen LogP contribution in [0.25, 0.3) is 20.7 Å². The second-order valence-corrected chi connectivity index (χ2v) is 15.1. The van der Waals surface area contributed by atoms with Crippen LogP contribution < -0.4 is 10.6 Å². The predicted octanol–water partition coefficient (Wildman–Crippen LogP) is 7.73. The normalized spacial score (nSPS) is 23.8. The number of fused-ring (bicyclic) bond motifs is 1. The van der Waals surface area contributed by atoms with Crippen LogP contribution in [0.3, 0.4) is 0 Å². The summed E-state index contributed by atoms with van der Waals surface area (Å²) in [6, 6.07) is 7.99. The van der Waals surface area contributed by atoms with E-state index < -0.39 is 5.97 Å². The number of rotatable bonds is 8. The molecule has 9 rings (SSSR count). The summed E-state index contributed by atoms with van der Waals surface area (Å²) >= 11 is 2.87. The summed E-state index contributed by atoms with van der Waals surface area (Å²) in [4.78, 5) is 22.0. The highest BCUT2D eigenvalue weighted by atomic mass is 32.1. The molecule has 4 heterocycles. The van der Waals surface area contributed by atoms with Gasteiger partial charge in [-0.25, -0.2) is 14.8 Å². The number of carbonyl (C=O) groups is 1. The number of aromatic nitrogens is 6. The van der Waals surface area contributed by atoms with Crippen LogP contribution in [0.4, 0.5) is 21.9 Å². The number of benzene rings is 1. The van der Waals surface area contributed by atoms with E-state index in [1.807, 2.05) is 44.3 Å². The Balaban J connectivity index is 1.04. The molecular formula is C32H34N8O2S2. The highest BCUT2D eigenvalue weighted by molar-refractivity contribution is 7.22. The van der Waals surface area contributed by atoms with Gasteiger partial charge < -0.3 is 15.7 Å². The summed E-state index contributed by atoms with van der Waals surface area (Å²) in [5, 5.41) is 31.5. The Morgan fingerprint density at radius 1 is 0.932 bits per heavy atom. The van der Waals surface area contributed by atoms with E-state index in [9.17, 15) is 9.90 Å². The fraction of sp³-hybridized carbons (Fsp3) is 0.438. The maximum atomic E-state index is 12.3. The number of para-hydroxylation sites is 1. The van der Waals surface area contributed by atoms with Gasteiger partial charge in [0.1, 0.15) is 0 Å². The Morgan fingerprint density at radius 3 is 2.16 bits per heavy atom. The fourth-order valence-corrected chi connectivity index (χ4v) is 10.2. The number of aromatic carboxylic acids is 1. The zero-order valence-corrected chi connectivity index (χ0v) is 26.6. The van der Waals surface area contributed by atoms with E-state index in [1.54, 1.807) is 11.3 Å². The predicted molar refractivity (Wildman–Crippen MR) is 173 cm³/mol. The smallest absolute Gasteiger partial charge is 0.356 e. The number of anilines is 4. The highest BCUT2D eigenvalue weighted by Crippen LogP contribution is 2.60. The molecule has 0 radical (unpaired) electrons. The number of hydrogen-bond acceptors (Lipinski definition) is 10. The van der Waals surface area contributed by atoms with Gasteiger partial charge in [-0.05, 0) is 94.6 Å². The molecule has 226 valence electrons. The maximum absolute atomic E-state index is 12.3. The van der Waals surface area contributed by atoms with E-state index in [-0.39, 0.29) is 5.69 Å². The molecule has 4 saturated carbocycles. The zero-order chi connectivity index (χ0) is 30.2. The van der Waals surface area contributed by atoms with E-state index in [2.05, 4.69) is 42.4 Å². The molecule has 4 aromatic heterocycles. The molecule has 0 saturated heterocycles. The molecule has 44 heavy (non-hydrogen) atoms. The van der Waals surface area contributed by atoms with E-state index in [0.717, 1.165) is 62.0 Å². The van der Waals surface area contributed by atoms with Crippen LogP contribution in [0.1, 0.15) is 65.8 Å². The van der Waals surface area contributed by atoms with Crippen LogP contribution in [0.5, 0.6) is 0 Å². The van der Waals surface area contributed by atoms with Crippen molar-refractivity contribution in [2.75, 3.05) is 10.6 Å². The van der Waals surface area contributed by atoms with E-state index in [4.69, 9.17) is 5.10 Å². The minimum atomic E-state index is -1.06. The average molecular weight is 627 g/mol. The Labute approximate surface area is 263 Å². The standard InChI is InChI=1S/C32H34N8O2S2/c1-16-17(2)28(39-38-27(16)36-30-34-23-6-4-5-7-24(23)43-30)37-31-35-25(29(41)42)26(44-31)22-14-33-40(18(22)3)15-32-11-19-8-20(12-32)10-21(9-19)13-32/h4-7,14,19-21H,8-13,15H2,1-3H3,(H,41,42)(H,34,36,38)(H,35,37,39). The Hall–Kier alpha value is -3.90. The number of carboxylic acids is 1. The van der Waals surface area contributed by atoms with Gasteiger partial charge in [0.2, 0.25) is 0 Å². The number of hydrogen-bond donors (Lipinski definition) is 3. The molecule has 4 bridgehead atoms. The third-order valence-corrected chi connectivity index (χ3v) is 12.1. The third-order valence-electron chi connectivity index (χ3n) is 10.1. The van der Waals surface area contributed by atoms with Gasteiger partial charge in [0.05, 0.1) is 21.3 Å². The number of nitrogens with zero attached hydrogens (tertiary/aromatic N) is 6. The lowest BCUT2D eigenvalue weighted by Crippen LogP contribution is -2.48. The van der Waals surface area contributed by atoms with Crippen LogP contribution in [-0.2, 0) is 6.54 Å². The van der Waals surface area contributed by atoms with Gasteiger partial charge in [-0.15, -0.1) is 10.2 Å². The molecule has 3 N–H and O–H groups in total. The molecule has 12 heteroatoms. The van der Waals surface area contributed by atoms with Crippen molar-refractivity contribution >= 4 is 60.8 Å². The Kier molecular flexibility index (Phi) is 6.49. The van der Waals surface area contributed by atoms with Gasteiger partial charge in [-0.1, -0.05) is 34.8 Å². The quantitative estimate of drug-likeness (QED) is 0.158. The van der Waals surface area contributed by atoms with Gasteiger partial charge >= 0.3 is 5.97 Å². The minimum Gasteiger partial charge on any atom is -0.476 e. The lowest BCUT2D eigenvalue weighted by Gasteiger charge is -2.56. The topological polar surface area (TPSA) is 131 Å². The van der Waals surface area contributed by atoms with Gasteiger partial charge in [-0.3, -0.25) is 4.68 Å². The van der Waals surface area contributed by atoms with Crippen LogP contribution in [-0.4, -0.2) is 41.0 Å². The lowest BCUT2D eigenvalue weighted by atomic mass is 9.49. The van der Waals surface area contributed by atoms with Crippen LogP contribution >= 0.6 is 22.7 Å². The zero-order valence-electron chi connectivity index (χ0n) is 24.9. The van der Waals surface area contributed by atoms with Crippen LogP contribution in [0.2, 0.25) is 0 Å². The van der Waals surface area contributed by atoms with E-state index in [0.29, 0.717) is 27.1 Å². The molecule has 0 atom stereocenters. The largest absolute Gasteiger partial charge is 0.476 e. The molecule has 5 aromatic rings. The first-order chi connectivity index (χ1) is 21.2. The van der Waals surface area contributed by atoms with Crippen molar-refractivity contribution in [1.29, 1.82) is 0 Å². The molecule has 10 nitrogen and oxygen atoms in total. The van der Waals surface area contributed by atoms with E-state index >= 15 is 0 Å². The second-order valence-electron chi connectivity index (χ2n) is 13.1. The van der Waals surface area contributed by atoms with Gasteiger partial charge in [0.15, 0.2) is 27.6 Å². The summed E-state index contributed by atoms with van der Waals surface area (Å²) < 4.78 is 3.22. The van der Waals surface area contributed by atoms with Gasteiger partial charge in [-0.2, -0.15) is 5.10 Å². The molecule has 4 aliphatic carbocycles. The van der Waals surface area contributed by atoms with Crippen molar-refractivity contribution in [2.45, 2.75) is 65.8 Å². The molecular weight excluding hydrogens is 593 g/mol. The number of nitrogens with one attached hydrogen (secondary N) is 2. The van der Waals surface area contributed by atoms with Crippen LogP contribution in [0, 0.1) is 43.9 Å². The van der Waals surface area contributed by atoms with E-state index in [1.165, 1.54) is 49.9 Å². The van der Waals surface area contributed by atoms with Crippen molar-refractivity contribution in [3.63, 3.8) is 0 Å². The molecule has 4 aliphatic rings. The molecule has 0 spiro atoms. The minimum absolute atomic E-state index is 0.0198. The summed E-state index contributed by atoms with van der Waals surface area (Å²) in [5.41, 5.74) is 4.91. The van der Waals surface area contributed by atoms with Crippen molar-refractivity contribution in [2.24, 2.45) is 23.2 Å². The fourth-order valence-electron chi connectivity index (χ4n) is 8.30. The first kappa shape index (κ1) is 27.6. The molecule has 1 aromatic carbocycles. The van der Waals surface area contributed by atoms with Gasteiger partial charge in [0, 0.05) is 28.9 Å². The van der Waals surface area contributed by atoms with Crippen molar-refractivity contribution < 1.29 is 9.90 Å². The third kappa shape index (κ3) is 4.75. The lowest BCUT2D eigenvalue weighted by molar-refractivity contribution is -0.0638.